The Bertz CT molecular complexity index is 528. The van der Waals surface area contributed by atoms with Crippen molar-refractivity contribution in [1.29, 1.82) is 0 Å². The number of aryl methyl sites for hydroxylation is 1. The minimum atomic E-state index is -4.51. The summed E-state index contributed by atoms with van der Waals surface area (Å²) in [6.45, 7) is 4.85. The van der Waals surface area contributed by atoms with Crippen LogP contribution in [0.5, 0.6) is 0 Å². The van der Waals surface area contributed by atoms with Gasteiger partial charge in [0.25, 0.3) is 0 Å². The molecule has 0 aliphatic carbocycles. The molecule has 1 fully saturated rings. The fourth-order valence-corrected chi connectivity index (χ4v) is 2.86. The molecule has 0 aromatic carbocycles. The van der Waals surface area contributed by atoms with E-state index in [1.54, 1.807) is 13.8 Å². The summed E-state index contributed by atoms with van der Waals surface area (Å²) in [5.41, 5.74) is 1.13. The van der Waals surface area contributed by atoms with Crippen LogP contribution in [0.25, 0.3) is 0 Å². The molecule has 2 heterocycles. The highest BCUT2D eigenvalue weighted by atomic mass is 19.4. The summed E-state index contributed by atoms with van der Waals surface area (Å²) >= 11 is 0. The van der Waals surface area contributed by atoms with Gasteiger partial charge in [-0.3, -0.25) is 0 Å². The van der Waals surface area contributed by atoms with Gasteiger partial charge in [0.05, 0.1) is 0 Å². The normalized spacial score (nSPS) is 20.4. The Hall–Kier alpha value is -1.37. The van der Waals surface area contributed by atoms with E-state index in [-0.39, 0.29) is 0 Å². The van der Waals surface area contributed by atoms with E-state index in [1.165, 1.54) is 0 Å². The molecule has 0 amide bonds. The molecule has 0 unspecified atom stereocenters. The van der Waals surface area contributed by atoms with Crippen LogP contribution in [0.1, 0.15) is 36.3 Å². The third-order valence-corrected chi connectivity index (χ3v) is 4.34. The fraction of sp³-hybridized carbons (Fsp3) is 0.733. The standard InChI is InChI=1S/C15H23F3N4/c1-10-11(2)19-14(15(16,17)18)20-13(10)22-8-5-6-12(7-9-22)21(3)4/h12H,5-9H2,1-4H3/t12-/m1/s1. The predicted molar refractivity (Wildman–Crippen MR) is 80.0 cm³/mol. The number of hydrogen-bond donors (Lipinski definition) is 0. The lowest BCUT2D eigenvalue weighted by Gasteiger charge is -2.26. The molecule has 1 saturated heterocycles. The Labute approximate surface area is 129 Å². The minimum absolute atomic E-state index is 0.394. The van der Waals surface area contributed by atoms with Crippen molar-refractivity contribution >= 4 is 5.82 Å². The van der Waals surface area contributed by atoms with Crippen molar-refractivity contribution in [2.75, 3.05) is 32.1 Å². The van der Waals surface area contributed by atoms with Gasteiger partial charge in [0.1, 0.15) is 5.82 Å². The Morgan fingerprint density at radius 3 is 2.36 bits per heavy atom. The van der Waals surface area contributed by atoms with Crippen molar-refractivity contribution in [3.05, 3.63) is 17.1 Å². The van der Waals surface area contributed by atoms with E-state index < -0.39 is 12.0 Å². The summed E-state index contributed by atoms with van der Waals surface area (Å²) in [5, 5.41) is 0. The SMILES string of the molecule is Cc1nc(C(F)(F)F)nc(N2CCC[C@@H](N(C)C)CC2)c1C. The molecular formula is C15H23F3N4. The number of halogens is 3. The second-order valence-corrected chi connectivity index (χ2v) is 6.11. The van der Waals surface area contributed by atoms with Gasteiger partial charge in [0.2, 0.25) is 5.82 Å². The van der Waals surface area contributed by atoms with E-state index in [4.69, 9.17) is 0 Å². The maximum Gasteiger partial charge on any atom is 0.451 e. The number of nitrogens with zero attached hydrogens (tertiary/aromatic N) is 4. The molecule has 1 aliphatic rings. The lowest BCUT2D eigenvalue weighted by Crippen LogP contribution is -2.31. The van der Waals surface area contributed by atoms with Crippen LogP contribution < -0.4 is 4.90 Å². The molecule has 0 spiro atoms. The van der Waals surface area contributed by atoms with E-state index in [9.17, 15) is 13.2 Å². The second kappa shape index (κ2) is 6.40. The zero-order valence-electron chi connectivity index (χ0n) is 13.5. The fourth-order valence-electron chi connectivity index (χ4n) is 2.86. The molecule has 124 valence electrons. The van der Waals surface area contributed by atoms with Gasteiger partial charge in [-0.15, -0.1) is 0 Å². The highest BCUT2D eigenvalue weighted by molar-refractivity contribution is 5.48. The smallest absolute Gasteiger partial charge is 0.356 e. The third-order valence-electron chi connectivity index (χ3n) is 4.34. The van der Waals surface area contributed by atoms with E-state index in [1.807, 2.05) is 19.0 Å². The van der Waals surface area contributed by atoms with E-state index >= 15 is 0 Å². The Morgan fingerprint density at radius 2 is 1.77 bits per heavy atom. The molecule has 1 aliphatic heterocycles. The molecular weight excluding hydrogens is 293 g/mol. The topological polar surface area (TPSA) is 32.3 Å². The largest absolute Gasteiger partial charge is 0.451 e. The monoisotopic (exact) mass is 316 g/mol. The maximum atomic E-state index is 12.9. The average molecular weight is 316 g/mol. The second-order valence-electron chi connectivity index (χ2n) is 6.11. The first kappa shape index (κ1) is 17.0. The number of aromatic nitrogens is 2. The highest BCUT2D eigenvalue weighted by Crippen LogP contribution is 2.31. The number of hydrogen-bond acceptors (Lipinski definition) is 4. The molecule has 7 heteroatoms. The molecule has 1 aromatic heterocycles. The third kappa shape index (κ3) is 3.69. The molecule has 0 N–H and O–H groups in total. The van der Waals surface area contributed by atoms with Gasteiger partial charge in [-0.25, -0.2) is 9.97 Å². The van der Waals surface area contributed by atoms with Gasteiger partial charge in [-0.2, -0.15) is 13.2 Å². The molecule has 22 heavy (non-hydrogen) atoms. The first-order valence-corrected chi connectivity index (χ1v) is 7.54. The van der Waals surface area contributed by atoms with Gasteiger partial charge in [-0.05, 0) is 47.2 Å². The number of anilines is 1. The first-order chi connectivity index (χ1) is 10.2. The van der Waals surface area contributed by atoms with Crippen LogP contribution in [-0.4, -0.2) is 48.1 Å². The molecule has 2 rings (SSSR count). The zero-order chi connectivity index (χ0) is 16.5. The predicted octanol–water partition coefficient (Wildman–Crippen LogP) is 3.03. The van der Waals surface area contributed by atoms with Crippen molar-refractivity contribution in [3.63, 3.8) is 0 Å². The van der Waals surface area contributed by atoms with Crippen LogP contribution in [0.15, 0.2) is 0 Å². The van der Waals surface area contributed by atoms with Crippen LogP contribution in [-0.2, 0) is 6.18 Å². The van der Waals surface area contributed by atoms with Crippen LogP contribution in [0.2, 0.25) is 0 Å². The Kier molecular flexibility index (Phi) is 4.94. The highest BCUT2D eigenvalue weighted by Gasteiger charge is 2.36. The minimum Gasteiger partial charge on any atom is -0.356 e. The molecule has 4 nitrogen and oxygen atoms in total. The summed E-state index contributed by atoms with van der Waals surface area (Å²) in [5.74, 6) is -0.613. The van der Waals surface area contributed by atoms with Crippen molar-refractivity contribution in [3.8, 4) is 0 Å². The zero-order valence-corrected chi connectivity index (χ0v) is 13.5. The quantitative estimate of drug-likeness (QED) is 0.839. The summed E-state index contributed by atoms with van der Waals surface area (Å²) in [6, 6.07) is 0.468. The van der Waals surface area contributed by atoms with Gasteiger partial charge < -0.3 is 9.80 Å². The number of rotatable bonds is 2. The lowest BCUT2D eigenvalue weighted by atomic mass is 10.1. The number of alkyl halides is 3. The Morgan fingerprint density at radius 1 is 1.09 bits per heavy atom. The van der Waals surface area contributed by atoms with Crippen LogP contribution >= 0.6 is 0 Å². The first-order valence-electron chi connectivity index (χ1n) is 7.54. The van der Waals surface area contributed by atoms with Crippen LogP contribution in [0.4, 0.5) is 19.0 Å². The van der Waals surface area contributed by atoms with Crippen LogP contribution in [0, 0.1) is 13.8 Å². The molecule has 0 saturated carbocycles. The maximum absolute atomic E-state index is 12.9. The van der Waals surface area contributed by atoms with Crippen molar-refractivity contribution < 1.29 is 13.2 Å². The summed E-state index contributed by atoms with van der Waals surface area (Å²) in [7, 11) is 4.09. The van der Waals surface area contributed by atoms with Gasteiger partial charge in [-0.1, -0.05) is 0 Å². The molecule has 1 aromatic rings. The summed E-state index contributed by atoms with van der Waals surface area (Å²) < 4.78 is 38.8. The van der Waals surface area contributed by atoms with Crippen LogP contribution in [0.3, 0.4) is 0 Å². The van der Waals surface area contributed by atoms with E-state index in [2.05, 4.69) is 14.9 Å². The Balaban J connectivity index is 2.30. The van der Waals surface area contributed by atoms with E-state index in [0.717, 1.165) is 37.9 Å². The van der Waals surface area contributed by atoms with E-state index in [0.29, 0.717) is 17.6 Å². The van der Waals surface area contributed by atoms with Gasteiger partial charge in [0, 0.05) is 30.4 Å². The van der Waals surface area contributed by atoms with Gasteiger partial charge in [0.15, 0.2) is 0 Å². The van der Waals surface area contributed by atoms with Crippen molar-refractivity contribution in [2.45, 2.75) is 45.3 Å². The van der Waals surface area contributed by atoms with Gasteiger partial charge >= 0.3 is 6.18 Å². The molecule has 0 bridgehead atoms. The molecule has 1 atom stereocenters. The average Bonchev–Trinajstić information content (AvgIpc) is 2.66. The van der Waals surface area contributed by atoms with Crippen molar-refractivity contribution in [2.24, 2.45) is 0 Å². The van der Waals surface area contributed by atoms with Crippen molar-refractivity contribution in [1.82, 2.24) is 14.9 Å². The summed E-state index contributed by atoms with van der Waals surface area (Å²) in [4.78, 5) is 11.6. The summed E-state index contributed by atoms with van der Waals surface area (Å²) in [6.07, 6.45) is -1.58. The lowest BCUT2D eigenvalue weighted by molar-refractivity contribution is -0.145. The molecule has 0 radical (unpaired) electrons.